The minimum absolute atomic E-state index is 0.423. The summed E-state index contributed by atoms with van der Waals surface area (Å²) in [6, 6.07) is 4.19. The van der Waals surface area contributed by atoms with Gasteiger partial charge in [0.1, 0.15) is 5.82 Å². The van der Waals surface area contributed by atoms with Gasteiger partial charge < -0.3 is 9.67 Å². The van der Waals surface area contributed by atoms with Crippen LogP contribution in [0.2, 0.25) is 0 Å². The van der Waals surface area contributed by atoms with Gasteiger partial charge in [0.2, 0.25) is 0 Å². The normalized spacial score (nSPS) is 12.1. The Morgan fingerprint density at radius 2 is 2.00 bits per heavy atom. The smallest absolute Gasteiger partial charge is 0.309 e. The van der Waals surface area contributed by atoms with Crippen LogP contribution in [0, 0.1) is 19.3 Å². The molecule has 4 nitrogen and oxygen atoms in total. The second-order valence-corrected chi connectivity index (χ2v) is 5.90. The van der Waals surface area contributed by atoms with Gasteiger partial charge in [-0.3, -0.25) is 4.79 Å². The summed E-state index contributed by atoms with van der Waals surface area (Å²) < 4.78 is 2.00. The number of aryl methyl sites for hydroxylation is 3. The molecule has 2 rings (SSSR count). The van der Waals surface area contributed by atoms with Crippen LogP contribution in [0.5, 0.6) is 0 Å². The molecule has 102 valence electrons. The lowest BCUT2D eigenvalue weighted by Crippen LogP contribution is -2.27. The van der Waals surface area contributed by atoms with Crippen LogP contribution in [0.1, 0.15) is 30.8 Å². The number of imidazole rings is 1. The first-order valence-electron chi connectivity index (χ1n) is 6.38. The zero-order valence-electron chi connectivity index (χ0n) is 12.1. The second kappa shape index (κ2) is 4.37. The van der Waals surface area contributed by atoms with Crippen molar-refractivity contribution in [2.75, 3.05) is 0 Å². The number of carboxylic acids is 1. The molecule has 0 aliphatic heterocycles. The van der Waals surface area contributed by atoms with Gasteiger partial charge in [-0.15, -0.1) is 0 Å². The minimum atomic E-state index is -0.807. The summed E-state index contributed by atoms with van der Waals surface area (Å²) in [4.78, 5) is 15.9. The predicted octanol–water partition coefficient (Wildman–Crippen LogP) is 2.84. The van der Waals surface area contributed by atoms with E-state index in [1.807, 2.05) is 18.5 Å². The molecule has 0 saturated heterocycles. The number of fused-ring (bicyclic) bond motifs is 1. The average molecular weight is 260 g/mol. The van der Waals surface area contributed by atoms with Crippen molar-refractivity contribution in [3.05, 3.63) is 29.1 Å². The highest BCUT2D eigenvalue weighted by molar-refractivity contribution is 5.81. The van der Waals surface area contributed by atoms with Crippen LogP contribution in [-0.2, 0) is 18.3 Å². The van der Waals surface area contributed by atoms with E-state index in [1.165, 1.54) is 5.56 Å². The van der Waals surface area contributed by atoms with Crippen LogP contribution in [0.25, 0.3) is 11.0 Å². The van der Waals surface area contributed by atoms with E-state index in [9.17, 15) is 9.90 Å². The van der Waals surface area contributed by atoms with Crippen molar-refractivity contribution in [1.29, 1.82) is 0 Å². The Balaban J connectivity index is 2.55. The Morgan fingerprint density at radius 1 is 1.37 bits per heavy atom. The fourth-order valence-electron chi connectivity index (χ4n) is 2.31. The summed E-state index contributed by atoms with van der Waals surface area (Å²) in [6.45, 7) is 7.55. The van der Waals surface area contributed by atoms with Gasteiger partial charge in [0.05, 0.1) is 16.4 Å². The minimum Gasteiger partial charge on any atom is -0.481 e. The molecule has 0 aliphatic carbocycles. The number of hydrogen-bond donors (Lipinski definition) is 1. The van der Waals surface area contributed by atoms with Crippen molar-refractivity contribution in [3.8, 4) is 0 Å². The van der Waals surface area contributed by atoms with Gasteiger partial charge in [-0.1, -0.05) is 6.07 Å². The molecule has 0 aliphatic rings. The number of hydrogen-bond acceptors (Lipinski definition) is 2. The van der Waals surface area contributed by atoms with E-state index in [0.717, 1.165) is 22.4 Å². The molecular weight excluding hydrogens is 240 g/mol. The van der Waals surface area contributed by atoms with Crippen LogP contribution in [0.4, 0.5) is 0 Å². The van der Waals surface area contributed by atoms with Crippen molar-refractivity contribution in [3.63, 3.8) is 0 Å². The van der Waals surface area contributed by atoms with Gasteiger partial charge in [0.15, 0.2) is 0 Å². The highest BCUT2D eigenvalue weighted by Crippen LogP contribution is 2.26. The fraction of sp³-hybridized carbons (Fsp3) is 0.467. The number of benzene rings is 1. The molecule has 4 heteroatoms. The van der Waals surface area contributed by atoms with E-state index in [4.69, 9.17) is 0 Å². The number of aromatic nitrogens is 2. The standard InChI is InChI=1S/C15H20N2O2/c1-9-6-10(2)13-11(7-9)17(5)12(16-13)8-15(3,4)14(18)19/h6-7H,8H2,1-5H3,(H,18,19). The largest absolute Gasteiger partial charge is 0.481 e. The van der Waals surface area contributed by atoms with Crippen LogP contribution in [0.15, 0.2) is 12.1 Å². The maximum absolute atomic E-state index is 11.2. The number of carbonyl (C=O) groups is 1. The Morgan fingerprint density at radius 3 is 2.58 bits per heavy atom. The molecule has 0 spiro atoms. The number of carboxylic acid groups (broad SMARTS) is 1. The Bertz CT molecular complexity index is 654. The maximum Gasteiger partial charge on any atom is 0.309 e. The quantitative estimate of drug-likeness (QED) is 0.923. The van der Waals surface area contributed by atoms with Gasteiger partial charge in [-0.05, 0) is 44.9 Å². The first-order chi connectivity index (χ1) is 8.72. The summed E-state index contributed by atoms with van der Waals surface area (Å²) in [6.07, 6.45) is 0.423. The van der Waals surface area contributed by atoms with Gasteiger partial charge in [-0.25, -0.2) is 4.98 Å². The molecule has 0 radical (unpaired) electrons. The molecule has 2 aromatic rings. The first-order valence-corrected chi connectivity index (χ1v) is 6.38. The summed E-state index contributed by atoms with van der Waals surface area (Å²) in [5.74, 6) is 0.0172. The molecule has 0 amide bonds. The zero-order valence-corrected chi connectivity index (χ0v) is 12.1. The Hall–Kier alpha value is -1.84. The van der Waals surface area contributed by atoms with Gasteiger partial charge >= 0.3 is 5.97 Å². The van der Waals surface area contributed by atoms with Crippen molar-refractivity contribution in [2.24, 2.45) is 12.5 Å². The lowest BCUT2D eigenvalue weighted by Gasteiger charge is -2.18. The van der Waals surface area contributed by atoms with Crippen LogP contribution in [-0.4, -0.2) is 20.6 Å². The van der Waals surface area contributed by atoms with E-state index >= 15 is 0 Å². The molecule has 0 atom stereocenters. The summed E-state index contributed by atoms with van der Waals surface area (Å²) in [5, 5.41) is 9.23. The topological polar surface area (TPSA) is 55.1 Å². The third-order valence-electron chi connectivity index (χ3n) is 3.59. The summed E-state index contributed by atoms with van der Waals surface area (Å²) >= 11 is 0. The number of aliphatic carboxylic acids is 1. The lowest BCUT2D eigenvalue weighted by atomic mass is 9.89. The van der Waals surface area contributed by atoms with Crippen LogP contribution >= 0.6 is 0 Å². The van der Waals surface area contributed by atoms with E-state index < -0.39 is 11.4 Å². The predicted molar refractivity (Wildman–Crippen MR) is 75.3 cm³/mol. The molecule has 0 unspecified atom stereocenters. The summed E-state index contributed by atoms with van der Waals surface area (Å²) in [5.41, 5.74) is 3.54. The maximum atomic E-state index is 11.2. The average Bonchev–Trinajstić information content (AvgIpc) is 2.57. The molecule has 1 aromatic carbocycles. The van der Waals surface area contributed by atoms with Crippen LogP contribution < -0.4 is 0 Å². The first kappa shape index (κ1) is 13.6. The van der Waals surface area contributed by atoms with E-state index in [-0.39, 0.29) is 0 Å². The third kappa shape index (κ3) is 2.35. The SMILES string of the molecule is Cc1cc(C)c2nc(CC(C)(C)C(=O)O)n(C)c2c1. The summed E-state index contributed by atoms with van der Waals surface area (Å²) in [7, 11) is 1.95. The highest BCUT2D eigenvalue weighted by atomic mass is 16.4. The molecule has 0 fully saturated rings. The molecule has 19 heavy (non-hydrogen) atoms. The van der Waals surface area contributed by atoms with Crippen molar-refractivity contribution >= 4 is 17.0 Å². The molecule has 0 saturated carbocycles. The molecular formula is C15H20N2O2. The number of rotatable bonds is 3. The fourth-order valence-corrected chi connectivity index (χ4v) is 2.31. The highest BCUT2D eigenvalue weighted by Gasteiger charge is 2.29. The molecule has 0 bridgehead atoms. The van der Waals surface area contributed by atoms with Crippen molar-refractivity contribution in [1.82, 2.24) is 9.55 Å². The molecule has 1 heterocycles. The van der Waals surface area contributed by atoms with Gasteiger partial charge in [0, 0.05) is 13.5 Å². The van der Waals surface area contributed by atoms with E-state index in [1.54, 1.807) is 13.8 Å². The third-order valence-corrected chi connectivity index (χ3v) is 3.59. The zero-order chi connectivity index (χ0) is 14.4. The Kier molecular flexibility index (Phi) is 3.12. The van der Waals surface area contributed by atoms with Crippen molar-refractivity contribution in [2.45, 2.75) is 34.1 Å². The van der Waals surface area contributed by atoms with Gasteiger partial charge in [-0.2, -0.15) is 0 Å². The lowest BCUT2D eigenvalue weighted by molar-refractivity contribution is -0.146. The van der Waals surface area contributed by atoms with E-state index in [0.29, 0.717) is 6.42 Å². The van der Waals surface area contributed by atoms with E-state index in [2.05, 4.69) is 24.0 Å². The van der Waals surface area contributed by atoms with Gasteiger partial charge in [0.25, 0.3) is 0 Å². The van der Waals surface area contributed by atoms with Crippen molar-refractivity contribution < 1.29 is 9.90 Å². The molecule has 1 aromatic heterocycles. The Labute approximate surface area is 113 Å². The molecule has 1 N–H and O–H groups in total. The number of nitrogens with zero attached hydrogens (tertiary/aromatic N) is 2. The van der Waals surface area contributed by atoms with Crippen LogP contribution in [0.3, 0.4) is 0 Å². The second-order valence-electron chi connectivity index (χ2n) is 5.90. The monoisotopic (exact) mass is 260 g/mol.